The second-order valence-corrected chi connectivity index (χ2v) is 6.55. The van der Waals surface area contributed by atoms with Crippen LogP contribution in [0.25, 0.3) is 0 Å². The fourth-order valence-corrected chi connectivity index (χ4v) is 2.87. The topological polar surface area (TPSA) is 32.3 Å². The van der Waals surface area contributed by atoms with Gasteiger partial charge in [0.15, 0.2) is 0 Å². The summed E-state index contributed by atoms with van der Waals surface area (Å²) < 4.78 is 0. The Balaban J connectivity index is 1.85. The standard InChI is InChI=1S/C18H22N2OS/c1-14(13-22-17-7-5-4-6-8-17)18(21)19-15-9-11-16(12-10-15)20(2)3/h4-12,14H,13H2,1-3H3,(H,19,21). The van der Waals surface area contributed by atoms with E-state index in [9.17, 15) is 4.79 Å². The van der Waals surface area contributed by atoms with Crippen LogP contribution in [0, 0.1) is 5.92 Å². The minimum Gasteiger partial charge on any atom is -0.378 e. The lowest BCUT2D eigenvalue weighted by molar-refractivity contribution is -0.118. The lowest BCUT2D eigenvalue weighted by Gasteiger charge is -2.14. The van der Waals surface area contributed by atoms with E-state index in [2.05, 4.69) is 17.4 Å². The normalized spacial score (nSPS) is 11.8. The molecule has 0 aromatic heterocycles. The number of benzene rings is 2. The second-order valence-electron chi connectivity index (χ2n) is 5.46. The van der Waals surface area contributed by atoms with Crippen LogP contribution in [0.2, 0.25) is 0 Å². The third-order valence-electron chi connectivity index (χ3n) is 3.34. The van der Waals surface area contributed by atoms with Crippen LogP contribution in [0.1, 0.15) is 6.92 Å². The Bertz CT molecular complexity index is 596. The molecule has 0 aliphatic heterocycles. The summed E-state index contributed by atoms with van der Waals surface area (Å²) in [7, 11) is 3.99. The van der Waals surface area contributed by atoms with E-state index in [1.54, 1.807) is 11.8 Å². The fraction of sp³-hybridized carbons (Fsp3) is 0.278. The van der Waals surface area contributed by atoms with Gasteiger partial charge in [-0.15, -0.1) is 11.8 Å². The van der Waals surface area contributed by atoms with Gasteiger partial charge in [0.2, 0.25) is 5.91 Å². The van der Waals surface area contributed by atoms with Crippen LogP contribution in [0.3, 0.4) is 0 Å². The maximum atomic E-state index is 12.2. The Labute approximate surface area is 136 Å². The lowest BCUT2D eigenvalue weighted by atomic mass is 10.2. The molecule has 1 N–H and O–H groups in total. The van der Waals surface area contributed by atoms with E-state index in [4.69, 9.17) is 0 Å². The van der Waals surface area contributed by atoms with Crippen molar-refractivity contribution < 1.29 is 4.79 Å². The van der Waals surface area contributed by atoms with Gasteiger partial charge >= 0.3 is 0 Å². The smallest absolute Gasteiger partial charge is 0.228 e. The monoisotopic (exact) mass is 314 g/mol. The van der Waals surface area contributed by atoms with Crippen molar-refractivity contribution in [3.05, 3.63) is 54.6 Å². The molecule has 2 aromatic carbocycles. The zero-order valence-corrected chi connectivity index (χ0v) is 14.1. The van der Waals surface area contributed by atoms with Crippen LogP contribution < -0.4 is 10.2 Å². The van der Waals surface area contributed by atoms with E-state index >= 15 is 0 Å². The van der Waals surface area contributed by atoms with Crippen molar-refractivity contribution in [1.82, 2.24) is 0 Å². The number of hydrogen-bond donors (Lipinski definition) is 1. The molecule has 0 aliphatic rings. The molecule has 0 radical (unpaired) electrons. The van der Waals surface area contributed by atoms with E-state index in [1.165, 1.54) is 4.90 Å². The third-order valence-corrected chi connectivity index (χ3v) is 4.61. The maximum Gasteiger partial charge on any atom is 0.228 e. The molecule has 1 atom stereocenters. The predicted molar refractivity (Wildman–Crippen MR) is 95.7 cm³/mol. The molecule has 0 bridgehead atoms. The van der Waals surface area contributed by atoms with Gasteiger partial charge < -0.3 is 10.2 Å². The van der Waals surface area contributed by atoms with E-state index in [0.717, 1.165) is 17.1 Å². The molecule has 0 aliphatic carbocycles. The fourth-order valence-electron chi connectivity index (χ4n) is 1.92. The number of anilines is 2. The van der Waals surface area contributed by atoms with Crippen molar-refractivity contribution in [3.8, 4) is 0 Å². The number of nitrogens with zero attached hydrogens (tertiary/aromatic N) is 1. The van der Waals surface area contributed by atoms with Crippen molar-refractivity contribution >= 4 is 29.0 Å². The van der Waals surface area contributed by atoms with Crippen molar-refractivity contribution in [2.45, 2.75) is 11.8 Å². The molecule has 0 saturated heterocycles. The minimum absolute atomic E-state index is 0.0428. The molecule has 0 spiro atoms. The van der Waals surface area contributed by atoms with Gasteiger partial charge in [0.25, 0.3) is 0 Å². The van der Waals surface area contributed by atoms with Crippen LogP contribution in [0.15, 0.2) is 59.5 Å². The summed E-state index contributed by atoms with van der Waals surface area (Å²) in [6.07, 6.45) is 0. The Morgan fingerprint density at radius 1 is 1.09 bits per heavy atom. The second kappa shape index (κ2) is 7.90. The molecule has 0 saturated carbocycles. The molecule has 0 heterocycles. The summed E-state index contributed by atoms with van der Waals surface area (Å²) in [4.78, 5) is 15.4. The van der Waals surface area contributed by atoms with Gasteiger partial charge in [0.05, 0.1) is 0 Å². The molecular weight excluding hydrogens is 292 g/mol. The Kier molecular flexibility index (Phi) is 5.90. The lowest BCUT2D eigenvalue weighted by Crippen LogP contribution is -2.22. The van der Waals surface area contributed by atoms with Gasteiger partial charge in [0, 0.05) is 42.0 Å². The minimum atomic E-state index is -0.0428. The van der Waals surface area contributed by atoms with Gasteiger partial charge in [-0.25, -0.2) is 0 Å². The average molecular weight is 314 g/mol. The first-order valence-electron chi connectivity index (χ1n) is 7.32. The van der Waals surface area contributed by atoms with Gasteiger partial charge in [0.1, 0.15) is 0 Å². The first-order chi connectivity index (χ1) is 10.6. The summed E-state index contributed by atoms with van der Waals surface area (Å²) in [6.45, 7) is 1.96. The van der Waals surface area contributed by atoms with Gasteiger partial charge in [-0.05, 0) is 36.4 Å². The first kappa shape index (κ1) is 16.4. The number of hydrogen-bond acceptors (Lipinski definition) is 3. The molecule has 116 valence electrons. The van der Waals surface area contributed by atoms with Gasteiger partial charge in [-0.3, -0.25) is 4.79 Å². The highest BCUT2D eigenvalue weighted by molar-refractivity contribution is 7.99. The highest BCUT2D eigenvalue weighted by atomic mass is 32.2. The third kappa shape index (κ3) is 4.81. The summed E-state index contributed by atoms with van der Waals surface area (Å²) in [5, 5.41) is 2.97. The number of thioether (sulfide) groups is 1. The average Bonchev–Trinajstić information content (AvgIpc) is 2.54. The largest absolute Gasteiger partial charge is 0.378 e. The van der Waals surface area contributed by atoms with Crippen LogP contribution in [0.4, 0.5) is 11.4 Å². The number of nitrogens with one attached hydrogen (secondary N) is 1. The van der Waals surface area contributed by atoms with Crippen LogP contribution >= 0.6 is 11.8 Å². The molecule has 3 nitrogen and oxygen atoms in total. The van der Waals surface area contributed by atoms with Crippen molar-refractivity contribution in [2.75, 3.05) is 30.1 Å². The molecule has 4 heteroatoms. The number of carbonyl (C=O) groups is 1. The SMILES string of the molecule is CC(CSc1ccccc1)C(=O)Nc1ccc(N(C)C)cc1. The number of carbonyl (C=O) groups excluding carboxylic acids is 1. The Morgan fingerprint density at radius 2 is 1.73 bits per heavy atom. The molecule has 1 unspecified atom stereocenters. The molecule has 22 heavy (non-hydrogen) atoms. The molecule has 0 fully saturated rings. The summed E-state index contributed by atoms with van der Waals surface area (Å²) in [6, 6.07) is 18.0. The maximum absolute atomic E-state index is 12.2. The number of rotatable bonds is 6. The zero-order chi connectivity index (χ0) is 15.9. The molecule has 1 amide bonds. The van der Waals surface area contributed by atoms with Crippen molar-refractivity contribution in [3.63, 3.8) is 0 Å². The first-order valence-corrected chi connectivity index (χ1v) is 8.31. The van der Waals surface area contributed by atoms with Gasteiger partial charge in [-0.1, -0.05) is 25.1 Å². The van der Waals surface area contributed by atoms with E-state index in [-0.39, 0.29) is 11.8 Å². The van der Waals surface area contributed by atoms with E-state index in [1.807, 2.05) is 68.4 Å². The van der Waals surface area contributed by atoms with Gasteiger partial charge in [-0.2, -0.15) is 0 Å². The Hall–Kier alpha value is -1.94. The number of amides is 1. The Morgan fingerprint density at radius 3 is 2.32 bits per heavy atom. The van der Waals surface area contributed by atoms with Crippen molar-refractivity contribution in [1.29, 1.82) is 0 Å². The highest BCUT2D eigenvalue weighted by Gasteiger charge is 2.13. The van der Waals surface area contributed by atoms with Crippen LogP contribution in [0.5, 0.6) is 0 Å². The van der Waals surface area contributed by atoms with Crippen molar-refractivity contribution in [2.24, 2.45) is 5.92 Å². The summed E-state index contributed by atoms with van der Waals surface area (Å²) in [5.41, 5.74) is 1.96. The molecular formula is C18H22N2OS. The molecule has 2 aromatic rings. The van der Waals surface area contributed by atoms with E-state index < -0.39 is 0 Å². The van der Waals surface area contributed by atoms with Crippen LogP contribution in [-0.4, -0.2) is 25.8 Å². The summed E-state index contributed by atoms with van der Waals surface area (Å²) >= 11 is 1.71. The molecule has 2 rings (SSSR count). The van der Waals surface area contributed by atoms with Crippen LogP contribution in [-0.2, 0) is 4.79 Å². The zero-order valence-electron chi connectivity index (χ0n) is 13.2. The van der Waals surface area contributed by atoms with E-state index in [0.29, 0.717) is 0 Å². The quantitative estimate of drug-likeness (QED) is 0.814. The highest BCUT2D eigenvalue weighted by Crippen LogP contribution is 2.21. The summed E-state index contributed by atoms with van der Waals surface area (Å²) in [5.74, 6) is 0.783. The predicted octanol–water partition coefficient (Wildman–Crippen LogP) is 4.12.